The van der Waals surface area contributed by atoms with Gasteiger partial charge in [0.15, 0.2) is 57.5 Å². The first-order chi connectivity index (χ1) is 27.7. The van der Waals surface area contributed by atoms with E-state index in [2.05, 4.69) is 38.9 Å². The van der Waals surface area contributed by atoms with Gasteiger partial charge in [0.05, 0.1) is 11.4 Å². The normalized spacial score (nSPS) is 28.2. The van der Waals surface area contributed by atoms with Gasteiger partial charge in [-0.15, -0.1) is 28.5 Å². The third-order valence-corrected chi connectivity index (χ3v) is 20.2. The van der Waals surface area contributed by atoms with Gasteiger partial charge in [-0.1, -0.05) is 88.6 Å². The van der Waals surface area contributed by atoms with Crippen molar-refractivity contribution in [3.05, 3.63) is 52.9 Å². The molecule has 0 bridgehead atoms. The Kier molecular flexibility index (Phi) is 12.9. The number of ether oxygens (including phenoxy) is 2. The van der Waals surface area contributed by atoms with Crippen molar-refractivity contribution in [2.24, 2.45) is 17.9 Å². The second-order valence-electron chi connectivity index (χ2n) is 16.7. The molecule has 2 aromatic heterocycles. The quantitative estimate of drug-likeness (QED) is 0.218. The van der Waals surface area contributed by atoms with E-state index in [4.69, 9.17) is 9.47 Å². The van der Waals surface area contributed by atoms with Crippen molar-refractivity contribution in [3.8, 4) is 0 Å². The maximum absolute atomic E-state index is 13.7. The Balaban J connectivity index is 0.000000228. The van der Waals surface area contributed by atoms with Crippen LogP contribution in [0.25, 0.3) is 0 Å². The highest BCUT2D eigenvalue weighted by Gasteiger charge is 2.73. The number of carbonyl (C=O) groups is 4. The van der Waals surface area contributed by atoms with Crippen LogP contribution >= 0.6 is 34.9 Å². The van der Waals surface area contributed by atoms with Crippen LogP contribution in [0, 0.1) is 17.8 Å². The molecule has 6 atom stereocenters. The lowest BCUT2D eigenvalue weighted by atomic mass is 9.82. The van der Waals surface area contributed by atoms with Crippen molar-refractivity contribution < 1.29 is 45.5 Å². The minimum atomic E-state index is -4.02. The van der Waals surface area contributed by atoms with Crippen molar-refractivity contribution in [1.82, 2.24) is 40.2 Å². The summed E-state index contributed by atoms with van der Waals surface area (Å²) >= 11 is 3.23. The van der Waals surface area contributed by atoms with Crippen LogP contribution in [0.4, 0.5) is 0 Å². The Morgan fingerprint density at radius 1 is 0.767 bits per heavy atom. The number of hydrogen-bond donors (Lipinski definition) is 0. The lowest BCUT2D eigenvalue weighted by molar-refractivity contribution is -0.183. The summed E-state index contributed by atoms with van der Waals surface area (Å²) in [4.78, 5) is 55.1. The van der Waals surface area contributed by atoms with Gasteiger partial charge in [-0.25, -0.2) is 21.5 Å². The molecule has 2 saturated heterocycles. The second kappa shape index (κ2) is 16.3. The van der Waals surface area contributed by atoms with Crippen LogP contribution in [0.5, 0.6) is 0 Å². The van der Waals surface area contributed by atoms with Crippen molar-refractivity contribution in [2.75, 3.05) is 14.2 Å². The molecule has 60 heavy (non-hydrogen) atoms. The molecule has 0 spiro atoms. The Labute approximate surface area is 362 Å². The largest absolute Gasteiger partial charge is 0.365 e. The standard InChI is InChI=1S/C19H25N3O5S3.C18H25N5O5S2/c1-8-9-19(27-7)15(24)22-12(13(23)18(4,5)6)10(2)14(30(25,26)16(19)22)29-17-21-20-11(3)28-17;1-8-9-18(28-7)14(25)23-11(12(24)17(3,4)5)10(2)13(30(26,27)15(18)23)29-16-19-20-21-22(16)6/h8,14,16H,1,9H2,2-7H3;8,13,15H,1,9H2,2-7H3/t14?,16-,19-;13?,15-,18-/m11/s1. The number of β-lactam (4-membered cyclic amide) rings is 2. The van der Waals surface area contributed by atoms with Gasteiger partial charge >= 0.3 is 0 Å². The molecule has 6 heterocycles. The number of aryl methyl sites for hydroxylation is 2. The van der Waals surface area contributed by atoms with Crippen LogP contribution < -0.4 is 0 Å². The maximum Gasteiger partial charge on any atom is 0.264 e. The molecule has 2 fully saturated rings. The van der Waals surface area contributed by atoms with E-state index in [1.165, 1.54) is 42.4 Å². The summed E-state index contributed by atoms with van der Waals surface area (Å²) in [6.45, 7) is 22.6. The molecular weight excluding hydrogens is 877 g/mol. The number of fused-ring (bicyclic) bond motifs is 2. The van der Waals surface area contributed by atoms with Gasteiger partial charge < -0.3 is 9.47 Å². The number of Topliss-reactive ketones (excluding diaryl/α,β-unsaturated/α-hetero) is 2. The van der Waals surface area contributed by atoms with Crippen LogP contribution in [0.2, 0.25) is 0 Å². The number of sulfone groups is 2. The van der Waals surface area contributed by atoms with Gasteiger partial charge in [0.1, 0.15) is 14.2 Å². The average Bonchev–Trinajstić information content (AvgIpc) is 3.77. The van der Waals surface area contributed by atoms with Crippen LogP contribution in [-0.2, 0) is 55.4 Å². The highest BCUT2D eigenvalue weighted by atomic mass is 32.3. The second-order valence-corrected chi connectivity index (χ2v) is 25.1. The first-order valence-electron chi connectivity index (χ1n) is 18.5. The number of tetrazole rings is 1. The average molecular weight is 927 g/mol. The molecule has 2 amide bonds. The zero-order valence-electron chi connectivity index (χ0n) is 35.5. The molecule has 23 heteroatoms. The first-order valence-corrected chi connectivity index (χ1v) is 24.3. The van der Waals surface area contributed by atoms with Gasteiger partial charge in [0.2, 0.25) is 5.16 Å². The summed E-state index contributed by atoms with van der Waals surface area (Å²) in [5.41, 5.74) is -4.03. The first kappa shape index (κ1) is 47.4. The molecule has 0 N–H and O–H groups in total. The highest BCUT2D eigenvalue weighted by Crippen LogP contribution is 2.54. The minimum absolute atomic E-state index is 0.00166. The fourth-order valence-electron chi connectivity index (χ4n) is 7.49. The SMILES string of the molecule is C=CC[C@@]1(OC)C(=O)N2C(C(=O)C(C)(C)C)=C(C)C(Sc3nnc(C)s3)S(=O)(=O)[C@@H]21.C=CC[C@@]1(OC)C(=O)N2C(C(=O)C(C)(C)C)=C(C)C(Sc3nnnn3C)S(=O)(=O)[C@@H]21. The number of methoxy groups -OCH3 is 2. The Morgan fingerprint density at radius 3 is 1.50 bits per heavy atom. The number of amides is 2. The third-order valence-electron chi connectivity index (χ3n) is 10.5. The molecule has 2 aromatic rings. The molecule has 2 unspecified atom stereocenters. The summed E-state index contributed by atoms with van der Waals surface area (Å²) in [5.74, 6) is -1.72. The van der Waals surface area contributed by atoms with E-state index in [-0.39, 0.29) is 46.5 Å². The van der Waals surface area contributed by atoms with Crippen LogP contribution in [0.3, 0.4) is 0 Å². The number of rotatable bonds is 12. The Hall–Kier alpha value is -3.61. The summed E-state index contributed by atoms with van der Waals surface area (Å²) in [6.07, 6.45) is 2.93. The van der Waals surface area contributed by atoms with Crippen LogP contribution in [0.15, 0.2) is 57.3 Å². The Bertz CT molecular complexity index is 2450. The summed E-state index contributed by atoms with van der Waals surface area (Å²) in [6, 6.07) is 0. The zero-order chi connectivity index (χ0) is 45.3. The number of ketones is 2. The van der Waals surface area contributed by atoms with E-state index < -0.39 is 73.4 Å². The number of carbonyl (C=O) groups excluding carboxylic acids is 4. The predicted octanol–water partition coefficient (Wildman–Crippen LogP) is 3.79. The van der Waals surface area contributed by atoms with Crippen LogP contribution in [-0.4, -0.2) is 126 Å². The van der Waals surface area contributed by atoms with Crippen molar-refractivity contribution in [2.45, 2.75) is 116 Å². The fourth-order valence-corrected chi connectivity index (χ4v) is 16.8. The maximum atomic E-state index is 13.7. The highest BCUT2D eigenvalue weighted by molar-refractivity contribution is 8.15. The van der Waals surface area contributed by atoms with Gasteiger partial charge in [-0.2, -0.15) is 0 Å². The number of aromatic nitrogens is 6. The molecule has 0 aliphatic carbocycles. The van der Waals surface area contributed by atoms with Crippen molar-refractivity contribution in [1.29, 1.82) is 0 Å². The van der Waals surface area contributed by atoms with Gasteiger partial charge in [-0.3, -0.25) is 29.0 Å². The molecule has 0 saturated carbocycles. The topological polar surface area (TPSA) is 231 Å². The lowest BCUT2D eigenvalue weighted by Crippen LogP contribution is -2.79. The number of nitrogens with zero attached hydrogens (tertiary/aromatic N) is 8. The molecule has 328 valence electrons. The molecule has 0 aromatic carbocycles. The van der Waals surface area contributed by atoms with E-state index in [0.717, 1.165) is 33.3 Å². The van der Waals surface area contributed by atoms with Gasteiger partial charge in [-0.05, 0) is 42.3 Å². The third kappa shape index (κ3) is 7.33. The lowest BCUT2D eigenvalue weighted by Gasteiger charge is -2.57. The van der Waals surface area contributed by atoms with Gasteiger partial charge in [0.25, 0.3) is 11.8 Å². The van der Waals surface area contributed by atoms with E-state index in [1.807, 2.05) is 0 Å². The predicted molar refractivity (Wildman–Crippen MR) is 225 cm³/mol. The zero-order valence-corrected chi connectivity index (χ0v) is 39.6. The van der Waals surface area contributed by atoms with E-state index in [9.17, 15) is 36.0 Å². The van der Waals surface area contributed by atoms with Crippen LogP contribution in [0.1, 0.15) is 73.2 Å². The molecule has 18 nitrogen and oxygen atoms in total. The van der Waals surface area contributed by atoms with E-state index in [1.54, 1.807) is 69.4 Å². The molecule has 0 radical (unpaired) electrons. The number of allylic oxidation sites excluding steroid dienone is 2. The summed E-state index contributed by atoms with van der Waals surface area (Å²) in [5, 5.41) is 17.5. The van der Waals surface area contributed by atoms with Crippen molar-refractivity contribution >= 4 is 77.9 Å². The smallest absolute Gasteiger partial charge is 0.264 e. The monoisotopic (exact) mass is 926 g/mol. The molecule has 6 rings (SSSR count). The minimum Gasteiger partial charge on any atom is -0.365 e. The molecule has 4 aliphatic heterocycles. The van der Waals surface area contributed by atoms with E-state index in [0.29, 0.717) is 14.9 Å². The van der Waals surface area contributed by atoms with E-state index >= 15 is 0 Å². The molecule has 4 aliphatic rings. The Morgan fingerprint density at radius 2 is 1.18 bits per heavy atom. The summed E-state index contributed by atoms with van der Waals surface area (Å²) in [7, 11) is -3.79. The summed E-state index contributed by atoms with van der Waals surface area (Å²) < 4.78 is 65.3. The fraction of sp³-hybridized carbons (Fsp3) is 0.595. The number of thioether (sulfide) groups is 2. The van der Waals surface area contributed by atoms with Gasteiger partial charge in [0, 0.05) is 44.9 Å². The van der Waals surface area contributed by atoms with Crippen molar-refractivity contribution in [3.63, 3.8) is 0 Å². The number of hydrogen-bond acceptors (Lipinski definition) is 18. The molecular formula is C37H50N8O10S5.